The van der Waals surface area contributed by atoms with Gasteiger partial charge in [-0.25, -0.2) is 14.6 Å². The zero-order valence-corrected chi connectivity index (χ0v) is 27.3. The van der Waals surface area contributed by atoms with Crippen molar-refractivity contribution in [1.29, 1.82) is 0 Å². The molecule has 246 valence electrons. The Balaban J connectivity index is 1.06. The van der Waals surface area contributed by atoms with Gasteiger partial charge in [-0.3, -0.25) is 24.0 Å². The largest absolute Gasteiger partial charge is 0.444 e. The van der Waals surface area contributed by atoms with E-state index < -0.39 is 17.6 Å². The van der Waals surface area contributed by atoms with Crippen molar-refractivity contribution in [1.82, 2.24) is 29.2 Å². The van der Waals surface area contributed by atoms with Crippen LogP contribution in [0.15, 0.2) is 41.3 Å². The number of carbonyl (C=O) groups excluding carboxylic acids is 3. The van der Waals surface area contributed by atoms with Gasteiger partial charge in [0.05, 0.1) is 11.0 Å². The molecule has 3 saturated heterocycles. The number of hydrogen-bond acceptors (Lipinski definition) is 8. The molecule has 1 unspecified atom stereocenters. The van der Waals surface area contributed by atoms with Gasteiger partial charge in [0.2, 0.25) is 11.8 Å². The van der Waals surface area contributed by atoms with Crippen LogP contribution in [0.1, 0.15) is 58.9 Å². The van der Waals surface area contributed by atoms with Crippen LogP contribution < -0.4 is 15.9 Å². The Hall–Kier alpha value is -4.19. The molecule has 0 bridgehead atoms. The Morgan fingerprint density at radius 1 is 0.935 bits per heavy atom. The minimum absolute atomic E-state index is 0.204. The number of pyridine rings is 1. The number of imide groups is 1. The van der Waals surface area contributed by atoms with Crippen molar-refractivity contribution in [2.24, 2.45) is 13.0 Å². The monoisotopic (exact) mass is 631 g/mol. The van der Waals surface area contributed by atoms with Crippen LogP contribution in [0.3, 0.4) is 0 Å². The highest BCUT2D eigenvalue weighted by molar-refractivity contribution is 6.00. The van der Waals surface area contributed by atoms with Gasteiger partial charge in [0.1, 0.15) is 17.5 Å². The summed E-state index contributed by atoms with van der Waals surface area (Å²) in [5, 5.41) is 2.36. The molecule has 3 aromatic rings. The van der Waals surface area contributed by atoms with Crippen molar-refractivity contribution in [2.75, 3.05) is 50.7 Å². The second kappa shape index (κ2) is 12.9. The summed E-state index contributed by atoms with van der Waals surface area (Å²) in [6.07, 6.45) is 5.27. The molecular formula is C34H45N7O5. The topological polar surface area (TPSA) is 122 Å². The van der Waals surface area contributed by atoms with Crippen LogP contribution in [0, 0.1) is 5.92 Å². The van der Waals surface area contributed by atoms with Crippen molar-refractivity contribution in [3.8, 4) is 11.1 Å². The van der Waals surface area contributed by atoms with Crippen molar-refractivity contribution in [3.05, 3.63) is 47.0 Å². The molecule has 3 aliphatic heterocycles. The maximum Gasteiger partial charge on any atom is 0.410 e. The van der Waals surface area contributed by atoms with E-state index in [1.165, 1.54) is 4.57 Å². The molecule has 0 radical (unpaired) electrons. The van der Waals surface area contributed by atoms with Gasteiger partial charge in [0, 0.05) is 64.5 Å². The van der Waals surface area contributed by atoms with Gasteiger partial charge < -0.3 is 19.4 Å². The number of aromatic nitrogens is 3. The van der Waals surface area contributed by atoms with Crippen molar-refractivity contribution in [2.45, 2.75) is 64.5 Å². The van der Waals surface area contributed by atoms with Crippen LogP contribution in [0.2, 0.25) is 0 Å². The zero-order chi connectivity index (χ0) is 32.6. The fourth-order valence-corrected chi connectivity index (χ4v) is 6.89. The van der Waals surface area contributed by atoms with Crippen LogP contribution in [-0.4, -0.2) is 93.2 Å². The second-order valence-electron chi connectivity index (χ2n) is 13.8. The molecule has 1 aromatic carbocycles. The first-order valence-electron chi connectivity index (χ1n) is 16.4. The van der Waals surface area contributed by atoms with Crippen LogP contribution in [0.5, 0.6) is 0 Å². The number of hydrogen-bond donors (Lipinski definition) is 1. The number of nitrogens with one attached hydrogen (secondary N) is 1. The van der Waals surface area contributed by atoms with E-state index in [9.17, 15) is 19.2 Å². The first kappa shape index (κ1) is 31.8. The van der Waals surface area contributed by atoms with Crippen LogP contribution in [-0.2, 0) is 21.4 Å². The summed E-state index contributed by atoms with van der Waals surface area (Å²) < 4.78 is 8.60. The number of ether oxygens (including phenoxy) is 1. The summed E-state index contributed by atoms with van der Waals surface area (Å²) in [6.45, 7) is 12.2. The Morgan fingerprint density at radius 2 is 1.70 bits per heavy atom. The first-order valence-corrected chi connectivity index (χ1v) is 16.4. The normalized spacial score (nSPS) is 20.6. The minimum atomic E-state index is -0.706. The molecule has 3 amide bonds. The molecular weight excluding hydrogens is 586 g/mol. The average Bonchev–Trinajstić information content (AvgIpc) is 3.14. The highest BCUT2D eigenvalue weighted by Gasteiger charge is 2.32. The van der Waals surface area contributed by atoms with E-state index in [1.807, 2.05) is 50.1 Å². The predicted octanol–water partition coefficient (Wildman–Crippen LogP) is 3.54. The van der Waals surface area contributed by atoms with Gasteiger partial charge in [-0.1, -0.05) is 6.07 Å². The molecule has 2 aromatic heterocycles. The molecule has 0 saturated carbocycles. The van der Waals surface area contributed by atoms with E-state index in [4.69, 9.17) is 9.72 Å². The Morgan fingerprint density at radius 3 is 2.39 bits per heavy atom. The third kappa shape index (κ3) is 6.81. The highest BCUT2D eigenvalue weighted by atomic mass is 16.6. The van der Waals surface area contributed by atoms with E-state index in [-0.39, 0.29) is 24.1 Å². The van der Waals surface area contributed by atoms with Crippen LogP contribution in [0.4, 0.5) is 10.6 Å². The van der Waals surface area contributed by atoms with Gasteiger partial charge in [-0.05, 0) is 88.7 Å². The molecule has 46 heavy (non-hydrogen) atoms. The summed E-state index contributed by atoms with van der Waals surface area (Å²) in [5.41, 5.74) is 2.52. The number of anilines is 1. The molecule has 12 nitrogen and oxygen atoms in total. The smallest absolute Gasteiger partial charge is 0.410 e. The third-order valence-electron chi connectivity index (χ3n) is 9.39. The molecule has 0 aliphatic carbocycles. The number of piperidine rings is 2. The molecule has 5 heterocycles. The number of imidazole rings is 1. The molecule has 1 N–H and O–H groups in total. The highest BCUT2D eigenvalue weighted by Crippen LogP contribution is 2.28. The van der Waals surface area contributed by atoms with Gasteiger partial charge in [-0.2, -0.15) is 0 Å². The lowest BCUT2D eigenvalue weighted by molar-refractivity contribution is -0.135. The Labute approximate surface area is 269 Å². The number of carbonyl (C=O) groups is 3. The SMILES string of the molecule is Cn1c(=O)n(C2CCC(=O)NC2=O)c2ccc(-c3ccc(N4CCCN(CC5CCN(C(=O)OC(C)(C)C)CC5)CC4)nc3)cc21. The number of fused-ring (bicyclic) bond motifs is 1. The van der Waals surface area contributed by atoms with E-state index in [2.05, 4.69) is 27.2 Å². The number of benzene rings is 1. The van der Waals surface area contributed by atoms with Gasteiger partial charge >= 0.3 is 11.8 Å². The minimum Gasteiger partial charge on any atom is -0.444 e. The van der Waals surface area contributed by atoms with E-state index in [0.717, 1.165) is 87.5 Å². The number of rotatable bonds is 5. The third-order valence-corrected chi connectivity index (χ3v) is 9.39. The summed E-state index contributed by atoms with van der Waals surface area (Å²) in [5.74, 6) is 0.792. The molecule has 3 fully saturated rings. The number of amides is 3. The summed E-state index contributed by atoms with van der Waals surface area (Å²) in [7, 11) is 1.70. The van der Waals surface area contributed by atoms with E-state index in [0.29, 0.717) is 17.9 Å². The van der Waals surface area contributed by atoms with Gasteiger partial charge in [-0.15, -0.1) is 0 Å². The Bertz CT molecular complexity index is 1660. The summed E-state index contributed by atoms with van der Waals surface area (Å²) in [6, 6.07) is 9.20. The van der Waals surface area contributed by atoms with Gasteiger partial charge in [0.25, 0.3) is 0 Å². The second-order valence-corrected chi connectivity index (χ2v) is 13.8. The average molecular weight is 632 g/mol. The van der Waals surface area contributed by atoms with Crippen LogP contribution >= 0.6 is 0 Å². The van der Waals surface area contributed by atoms with Crippen LogP contribution in [0.25, 0.3) is 22.2 Å². The predicted molar refractivity (Wildman–Crippen MR) is 176 cm³/mol. The quantitative estimate of drug-likeness (QED) is 0.425. The Kier molecular flexibility index (Phi) is 8.91. The number of aryl methyl sites for hydroxylation is 1. The lowest BCUT2D eigenvalue weighted by Gasteiger charge is -2.35. The van der Waals surface area contributed by atoms with Crippen molar-refractivity contribution in [3.63, 3.8) is 0 Å². The molecule has 3 aliphatic rings. The molecule has 0 spiro atoms. The van der Waals surface area contributed by atoms with Crippen molar-refractivity contribution >= 4 is 34.8 Å². The fraction of sp³-hybridized carbons (Fsp3) is 0.559. The number of nitrogens with zero attached hydrogens (tertiary/aromatic N) is 6. The number of likely N-dealkylation sites (tertiary alicyclic amines) is 1. The molecule has 6 rings (SSSR count). The molecule has 1 atom stereocenters. The van der Waals surface area contributed by atoms with E-state index >= 15 is 0 Å². The lowest BCUT2D eigenvalue weighted by Crippen LogP contribution is -2.44. The van der Waals surface area contributed by atoms with E-state index in [1.54, 1.807) is 11.6 Å². The zero-order valence-electron chi connectivity index (χ0n) is 27.3. The van der Waals surface area contributed by atoms with Crippen molar-refractivity contribution < 1.29 is 19.1 Å². The standard InChI is InChI=1S/C34H45N7O5/c1-34(2,3)46-33(45)40-16-12-23(13-17-40)22-38-14-5-15-39(19-18-38)29-10-7-25(21-35-29)24-6-8-26-28(20-24)37(4)32(44)41(26)27-9-11-30(42)36-31(27)43/h6-8,10,20-21,23,27H,5,9,11-19,22H2,1-4H3,(H,36,42,43). The lowest BCUT2D eigenvalue weighted by atomic mass is 9.96. The summed E-state index contributed by atoms with van der Waals surface area (Å²) >= 11 is 0. The first-order chi connectivity index (χ1) is 22.0. The maximum absolute atomic E-state index is 13.1. The molecule has 12 heteroatoms. The fourth-order valence-electron chi connectivity index (χ4n) is 6.89. The van der Waals surface area contributed by atoms with Gasteiger partial charge in [0.15, 0.2) is 0 Å². The summed E-state index contributed by atoms with van der Waals surface area (Å²) in [4.78, 5) is 61.3. The maximum atomic E-state index is 13.1.